The minimum atomic E-state index is 0.998. The fraction of sp³-hybridized carbons (Fsp3) is 0.714. The molecule has 0 bridgehead atoms. The van der Waals surface area contributed by atoms with Gasteiger partial charge in [-0.3, -0.25) is 0 Å². The van der Waals surface area contributed by atoms with E-state index in [1.165, 1.54) is 5.82 Å². The molecule has 0 aliphatic carbocycles. The van der Waals surface area contributed by atoms with Gasteiger partial charge in [-0.25, -0.2) is 4.57 Å². The molecule has 0 aliphatic rings. The molecule has 0 amide bonds. The fourth-order valence-corrected chi connectivity index (χ4v) is 1.02. The van der Waals surface area contributed by atoms with Crippen molar-refractivity contribution in [3.05, 3.63) is 11.6 Å². The van der Waals surface area contributed by atoms with Gasteiger partial charge in [0.05, 0.1) is 14.1 Å². The van der Waals surface area contributed by atoms with Crippen LogP contribution in [0.25, 0.3) is 0 Å². The number of hydrogen-bond acceptors (Lipinski definition) is 1. The third-order valence-electron chi connectivity index (χ3n) is 1.92. The van der Waals surface area contributed by atoms with Crippen LogP contribution in [-0.2, 0) is 20.5 Å². The largest absolute Gasteiger partial charge is 0.277 e. The van der Waals surface area contributed by atoms with Crippen LogP contribution in [0.2, 0.25) is 0 Å². The first-order valence-corrected chi connectivity index (χ1v) is 3.55. The van der Waals surface area contributed by atoms with E-state index in [2.05, 4.69) is 23.5 Å². The normalized spacial score (nSPS) is 10.4. The third kappa shape index (κ3) is 0.916. The fourth-order valence-electron chi connectivity index (χ4n) is 1.02. The minimum absolute atomic E-state index is 0.998. The summed E-state index contributed by atoms with van der Waals surface area (Å²) in [7, 11) is 4.01. The lowest BCUT2D eigenvalue weighted by atomic mass is 10.4. The molecule has 0 saturated heterocycles. The molecule has 1 rings (SSSR count). The summed E-state index contributed by atoms with van der Waals surface area (Å²) in [6, 6.07) is 0. The highest BCUT2D eigenvalue weighted by atomic mass is 15.4. The molecule has 0 N–H and O–H groups in total. The molecule has 0 unspecified atom stereocenters. The molecule has 0 saturated carbocycles. The molecule has 0 aromatic carbocycles. The second-order valence-corrected chi connectivity index (χ2v) is 2.50. The number of hydrogen-bond donors (Lipinski definition) is 0. The van der Waals surface area contributed by atoms with Crippen molar-refractivity contribution in [3.63, 3.8) is 0 Å². The maximum Gasteiger partial charge on any atom is 0.277 e. The van der Waals surface area contributed by atoms with E-state index in [-0.39, 0.29) is 0 Å². The molecule has 0 aliphatic heterocycles. The van der Waals surface area contributed by atoms with E-state index in [0.717, 1.165) is 12.2 Å². The monoisotopic (exact) mass is 140 g/mol. The van der Waals surface area contributed by atoms with Gasteiger partial charge in [0.15, 0.2) is 0 Å². The molecular formula is C7H14N3+. The number of nitrogens with zero attached hydrogens (tertiary/aromatic N) is 3. The first kappa shape index (κ1) is 7.25. The van der Waals surface area contributed by atoms with Crippen LogP contribution >= 0.6 is 0 Å². The lowest BCUT2D eigenvalue weighted by Crippen LogP contribution is -2.34. The van der Waals surface area contributed by atoms with Crippen molar-refractivity contribution < 1.29 is 4.57 Å². The summed E-state index contributed by atoms with van der Waals surface area (Å²) in [6.45, 7) is 4.17. The Hall–Kier alpha value is -0.860. The summed E-state index contributed by atoms with van der Waals surface area (Å²) in [5, 5.41) is 4.31. The zero-order valence-electron chi connectivity index (χ0n) is 7.05. The highest BCUT2D eigenvalue weighted by Gasteiger charge is 2.13. The van der Waals surface area contributed by atoms with Crippen molar-refractivity contribution in [2.24, 2.45) is 14.1 Å². The second kappa shape index (κ2) is 2.40. The van der Waals surface area contributed by atoms with E-state index in [4.69, 9.17) is 0 Å². The maximum atomic E-state index is 4.31. The van der Waals surface area contributed by atoms with Gasteiger partial charge in [-0.05, 0) is 0 Å². The summed E-state index contributed by atoms with van der Waals surface area (Å²) < 4.78 is 4.01. The van der Waals surface area contributed by atoms with E-state index < -0.39 is 0 Å². The molecule has 1 aromatic heterocycles. The first-order chi connectivity index (χ1) is 4.66. The van der Waals surface area contributed by atoms with Gasteiger partial charge in [-0.15, -0.1) is 4.68 Å². The van der Waals surface area contributed by atoms with Crippen LogP contribution in [0.5, 0.6) is 0 Å². The van der Waals surface area contributed by atoms with Crippen LogP contribution in [0.3, 0.4) is 0 Å². The van der Waals surface area contributed by atoms with Crippen LogP contribution in [0, 0.1) is 6.92 Å². The quantitative estimate of drug-likeness (QED) is 0.508. The number of aromatic nitrogens is 3. The molecule has 1 aromatic rings. The Morgan fingerprint density at radius 3 is 2.40 bits per heavy atom. The molecule has 3 nitrogen and oxygen atoms in total. The smallest absolute Gasteiger partial charge is 0.235 e. The van der Waals surface area contributed by atoms with Gasteiger partial charge in [-0.1, -0.05) is 6.92 Å². The molecule has 56 valence electrons. The van der Waals surface area contributed by atoms with Crippen LogP contribution in [-0.4, -0.2) is 9.78 Å². The van der Waals surface area contributed by atoms with Crippen LogP contribution in [0.1, 0.15) is 18.6 Å². The zero-order chi connectivity index (χ0) is 7.72. The van der Waals surface area contributed by atoms with Gasteiger partial charge in [0.2, 0.25) is 5.82 Å². The minimum Gasteiger partial charge on any atom is -0.235 e. The second-order valence-electron chi connectivity index (χ2n) is 2.50. The van der Waals surface area contributed by atoms with E-state index in [1.807, 2.05) is 18.8 Å². The Labute approximate surface area is 61.3 Å². The van der Waals surface area contributed by atoms with Crippen molar-refractivity contribution in [2.45, 2.75) is 20.3 Å². The van der Waals surface area contributed by atoms with Crippen molar-refractivity contribution in [1.29, 1.82) is 0 Å². The molecule has 0 spiro atoms. The van der Waals surface area contributed by atoms with Crippen molar-refractivity contribution in [2.75, 3.05) is 0 Å². The Bertz CT molecular complexity index is 237. The third-order valence-corrected chi connectivity index (χ3v) is 1.92. The molecular weight excluding hydrogens is 126 g/mol. The zero-order valence-corrected chi connectivity index (χ0v) is 7.05. The van der Waals surface area contributed by atoms with Crippen molar-refractivity contribution >= 4 is 0 Å². The highest BCUT2D eigenvalue weighted by Crippen LogP contribution is 1.90. The van der Waals surface area contributed by atoms with Gasteiger partial charge in [0.1, 0.15) is 0 Å². The topological polar surface area (TPSA) is 21.7 Å². The van der Waals surface area contributed by atoms with E-state index in [9.17, 15) is 0 Å². The van der Waals surface area contributed by atoms with Gasteiger partial charge in [0, 0.05) is 18.4 Å². The summed E-state index contributed by atoms with van der Waals surface area (Å²) in [6.07, 6.45) is 0.998. The molecule has 1 heterocycles. The lowest BCUT2D eigenvalue weighted by Gasteiger charge is -1.87. The van der Waals surface area contributed by atoms with Crippen molar-refractivity contribution in [3.8, 4) is 0 Å². The van der Waals surface area contributed by atoms with E-state index >= 15 is 0 Å². The lowest BCUT2D eigenvalue weighted by molar-refractivity contribution is -0.685. The van der Waals surface area contributed by atoms with E-state index in [0.29, 0.717) is 0 Å². The molecule has 10 heavy (non-hydrogen) atoms. The highest BCUT2D eigenvalue weighted by molar-refractivity contribution is 4.76. The summed E-state index contributed by atoms with van der Waals surface area (Å²) >= 11 is 0. The Morgan fingerprint density at radius 2 is 2.20 bits per heavy atom. The summed E-state index contributed by atoms with van der Waals surface area (Å²) in [5.41, 5.74) is 0. The van der Waals surface area contributed by atoms with Gasteiger partial charge in [0.25, 0.3) is 5.82 Å². The maximum absolute atomic E-state index is 4.31. The SMILES string of the molecule is CCc1nn(C)c(C)[n+]1C. The van der Waals surface area contributed by atoms with Crippen molar-refractivity contribution in [1.82, 2.24) is 9.78 Å². The predicted molar refractivity (Wildman–Crippen MR) is 38.5 cm³/mol. The van der Waals surface area contributed by atoms with Crippen LogP contribution < -0.4 is 4.57 Å². The standard InChI is InChI=1S/C7H14N3/c1-5-7-8-10(4)6(2)9(7)3/h5H2,1-4H3/q+1. The van der Waals surface area contributed by atoms with Crippen LogP contribution in [0.15, 0.2) is 0 Å². The first-order valence-electron chi connectivity index (χ1n) is 3.55. The Morgan fingerprint density at radius 1 is 1.60 bits per heavy atom. The Kier molecular flexibility index (Phi) is 1.74. The molecule has 0 radical (unpaired) electrons. The number of aryl methyl sites for hydroxylation is 2. The molecule has 0 fully saturated rings. The van der Waals surface area contributed by atoms with Crippen LogP contribution in [0.4, 0.5) is 0 Å². The van der Waals surface area contributed by atoms with Gasteiger partial charge in [-0.2, -0.15) is 0 Å². The predicted octanol–water partition coefficient (Wildman–Crippen LogP) is 0.115. The number of rotatable bonds is 1. The van der Waals surface area contributed by atoms with Gasteiger partial charge < -0.3 is 0 Å². The molecule has 3 heteroatoms. The summed E-state index contributed by atoms with van der Waals surface area (Å²) in [5.74, 6) is 2.33. The Balaban J connectivity index is 3.17. The van der Waals surface area contributed by atoms with Gasteiger partial charge >= 0.3 is 0 Å². The van der Waals surface area contributed by atoms with E-state index in [1.54, 1.807) is 0 Å². The average molecular weight is 140 g/mol. The molecule has 0 atom stereocenters. The summed E-state index contributed by atoms with van der Waals surface area (Å²) in [4.78, 5) is 0. The average Bonchev–Trinajstić information content (AvgIpc) is 2.17.